The highest BCUT2D eigenvalue weighted by molar-refractivity contribution is 6.31. The predicted octanol–water partition coefficient (Wildman–Crippen LogP) is 4.65. The molecule has 8 nitrogen and oxygen atoms in total. The van der Waals surface area contributed by atoms with E-state index in [-0.39, 0.29) is 22.9 Å². The molecule has 1 aliphatic heterocycles. The van der Waals surface area contributed by atoms with Crippen molar-refractivity contribution in [1.29, 1.82) is 0 Å². The molecule has 1 N–H and O–H groups in total. The van der Waals surface area contributed by atoms with Gasteiger partial charge in [-0.05, 0) is 44.4 Å². The average molecular weight is 546 g/mol. The van der Waals surface area contributed by atoms with Crippen LogP contribution in [-0.4, -0.2) is 29.4 Å². The van der Waals surface area contributed by atoms with E-state index in [1.807, 2.05) is 0 Å². The minimum absolute atomic E-state index is 0.0855. The number of rotatable bonds is 5. The van der Waals surface area contributed by atoms with Crippen molar-refractivity contribution in [3.63, 3.8) is 0 Å². The number of fused-ring (bicyclic) bond motifs is 3. The maximum Gasteiger partial charge on any atom is 0.278 e. The Labute approximate surface area is 222 Å². The lowest BCUT2D eigenvalue weighted by Gasteiger charge is -2.20. The van der Waals surface area contributed by atoms with Crippen molar-refractivity contribution in [3.05, 3.63) is 98.3 Å². The van der Waals surface area contributed by atoms with Gasteiger partial charge in [0, 0.05) is 24.5 Å². The number of hydrogen-bond acceptors (Lipinski definition) is 6. The Kier molecular flexibility index (Phi) is 5.94. The Bertz CT molecular complexity index is 1730. The van der Waals surface area contributed by atoms with Crippen LogP contribution in [0.2, 0.25) is 5.02 Å². The van der Waals surface area contributed by atoms with Gasteiger partial charge < -0.3 is 9.84 Å². The second-order valence-electron chi connectivity index (χ2n) is 8.99. The zero-order valence-corrected chi connectivity index (χ0v) is 20.8. The lowest BCUT2D eigenvalue weighted by molar-refractivity contribution is 0.0734. The standard InChI is InChI=1S/C26H21ClF3N5O3/c1-26(2,37)20-7-8-34(33-20)24-22(30)23-14(11-32-24)5-3-4-6-16-10-19(21(27)25(36)35(16)23)38-13-18-17(29)9-15(28)12-31-18/h4,6-12,37H,3,5,13H2,1-2H3/b6-4-/i13D2. The molecule has 0 aromatic carbocycles. The SMILES string of the molecule is [2H]C([2H])(Oc1cc2n(c(=O)c1Cl)-c1c(cnc(-n3ccc(C(C)(C)O)n3)c1F)CC/C=C\2)c1ncc(F)cc1F. The molecule has 0 saturated carbocycles. The number of hydrogen-bond donors (Lipinski definition) is 1. The average Bonchev–Trinajstić information content (AvgIpc) is 3.35. The van der Waals surface area contributed by atoms with E-state index in [0.29, 0.717) is 30.7 Å². The molecule has 0 spiro atoms. The minimum Gasteiger partial charge on any atom is -0.485 e. The van der Waals surface area contributed by atoms with Gasteiger partial charge in [-0.2, -0.15) is 5.10 Å². The first-order valence-corrected chi connectivity index (χ1v) is 11.7. The van der Waals surface area contributed by atoms with Crippen LogP contribution in [0, 0.1) is 17.5 Å². The van der Waals surface area contributed by atoms with Crippen LogP contribution in [0.15, 0.2) is 47.7 Å². The molecule has 0 unspecified atom stereocenters. The van der Waals surface area contributed by atoms with E-state index in [4.69, 9.17) is 19.1 Å². The largest absolute Gasteiger partial charge is 0.485 e. The van der Waals surface area contributed by atoms with Gasteiger partial charge in [-0.3, -0.25) is 14.3 Å². The van der Waals surface area contributed by atoms with Crippen molar-refractivity contribution in [2.75, 3.05) is 0 Å². The van der Waals surface area contributed by atoms with E-state index in [9.17, 15) is 18.7 Å². The summed E-state index contributed by atoms with van der Waals surface area (Å²) in [7, 11) is 0. The molecule has 0 saturated heterocycles. The summed E-state index contributed by atoms with van der Waals surface area (Å²) >= 11 is 6.31. The normalized spacial score (nSPS) is 15.0. The molecule has 0 bridgehead atoms. The van der Waals surface area contributed by atoms with Gasteiger partial charge in [-0.25, -0.2) is 22.8 Å². The fourth-order valence-electron chi connectivity index (χ4n) is 3.90. The predicted molar refractivity (Wildman–Crippen MR) is 133 cm³/mol. The second-order valence-corrected chi connectivity index (χ2v) is 9.37. The number of aliphatic hydroxyl groups is 1. The van der Waals surface area contributed by atoms with Crippen LogP contribution in [0.25, 0.3) is 17.6 Å². The van der Waals surface area contributed by atoms with Crippen molar-refractivity contribution in [2.45, 2.75) is 38.8 Å². The number of halogens is 4. The zero-order valence-electron chi connectivity index (χ0n) is 22.0. The van der Waals surface area contributed by atoms with Crippen molar-refractivity contribution in [2.24, 2.45) is 0 Å². The molecule has 0 aliphatic carbocycles. The molecular weight excluding hydrogens is 523 g/mol. The van der Waals surface area contributed by atoms with Gasteiger partial charge in [0.25, 0.3) is 5.56 Å². The van der Waals surface area contributed by atoms with E-state index in [0.717, 1.165) is 9.25 Å². The third-order valence-electron chi connectivity index (χ3n) is 5.79. The Balaban J connectivity index is 1.65. The highest BCUT2D eigenvalue weighted by Gasteiger charge is 2.26. The number of allylic oxidation sites excluding steroid dienone is 1. The smallest absolute Gasteiger partial charge is 0.278 e. The number of aryl methyl sites for hydroxylation is 1. The number of nitrogens with zero attached hydrogens (tertiary/aromatic N) is 5. The fraction of sp³-hybridized carbons (Fsp3) is 0.231. The molecule has 4 aromatic rings. The zero-order chi connectivity index (χ0) is 29.0. The molecule has 12 heteroatoms. The number of aromatic nitrogens is 5. The van der Waals surface area contributed by atoms with Gasteiger partial charge in [-0.1, -0.05) is 17.7 Å². The highest BCUT2D eigenvalue weighted by Crippen LogP contribution is 2.31. The van der Waals surface area contributed by atoms with Crippen LogP contribution >= 0.6 is 11.6 Å². The van der Waals surface area contributed by atoms with Crippen LogP contribution in [0.4, 0.5) is 13.2 Å². The summed E-state index contributed by atoms with van der Waals surface area (Å²) in [6.07, 6.45) is 7.48. The Morgan fingerprint density at radius 2 is 2.03 bits per heavy atom. The molecule has 0 fully saturated rings. The topological polar surface area (TPSA) is 95.1 Å². The number of ether oxygens (including phenoxy) is 1. The van der Waals surface area contributed by atoms with E-state index >= 15 is 4.39 Å². The molecular formula is C26H21ClF3N5O3. The Morgan fingerprint density at radius 3 is 2.74 bits per heavy atom. The van der Waals surface area contributed by atoms with Gasteiger partial charge in [0.15, 0.2) is 17.5 Å². The van der Waals surface area contributed by atoms with Gasteiger partial charge in [0.2, 0.25) is 0 Å². The maximum absolute atomic E-state index is 16.1. The Morgan fingerprint density at radius 1 is 1.24 bits per heavy atom. The summed E-state index contributed by atoms with van der Waals surface area (Å²) in [6.45, 7) is 0.101. The van der Waals surface area contributed by atoms with Gasteiger partial charge in [0.05, 0.1) is 26.0 Å². The van der Waals surface area contributed by atoms with Crippen molar-refractivity contribution in [1.82, 2.24) is 24.3 Å². The maximum atomic E-state index is 16.1. The molecule has 196 valence electrons. The molecule has 5 heterocycles. The highest BCUT2D eigenvalue weighted by atomic mass is 35.5. The number of pyridine rings is 3. The monoisotopic (exact) mass is 545 g/mol. The van der Waals surface area contributed by atoms with Crippen LogP contribution in [0.1, 0.15) is 45.7 Å². The minimum atomic E-state index is -2.95. The quantitative estimate of drug-likeness (QED) is 0.392. The second kappa shape index (κ2) is 9.73. The summed E-state index contributed by atoms with van der Waals surface area (Å²) in [5.41, 5.74) is -2.49. The fourth-order valence-corrected chi connectivity index (χ4v) is 4.08. The molecule has 5 rings (SSSR count). The van der Waals surface area contributed by atoms with Gasteiger partial charge in [0.1, 0.15) is 34.4 Å². The lowest BCUT2D eigenvalue weighted by atomic mass is 10.1. The molecule has 0 amide bonds. The third-order valence-corrected chi connectivity index (χ3v) is 6.13. The lowest BCUT2D eigenvalue weighted by Crippen LogP contribution is -2.25. The summed E-state index contributed by atoms with van der Waals surface area (Å²) in [6, 6.07) is 3.15. The van der Waals surface area contributed by atoms with E-state index in [1.54, 1.807) is 6.08 Å². The molecule has 4 aromatic heterocycles. The summed E-state index contributed by atoms with van der Waals surface area (Å²) < 4.78 is 67.4. The van der Waals surface area contributed by atoms with Crippen LogP contribution in [-0.2, 0) is 18.6 Å². The van der Waals surface area contributed by atoms with Crippen LogP contribution in [0.5, 0.6) is 5.75 Å². The first-order chi connectivity index (χ1) is 18.8. The summed E-state index contributed by atoms with van der Waals surface area (Å²) in [5.74, 6) is -3.90. The van der Waals surface area contributed by atoms with Crippen molar-refractivity contribution in [3.8, 4) is 17.3 Å². The van der Waals surface area contributed by atoms with Crippen molar-refractivity contribution < 1.29 is 25.8 Å². The summed E-state index contributed by atoms with van der Waals surface area (Å²) in [4.78, 5) is 21.2. The molecule has 0 atom stereocenters. The van der Waals surface area contributed by atoms with E-state index < -0.39 is 51.6 Å². The van der Waals surface area contributed by atoms with Crippen LogP contribution < -0.4 is 10.3 Å². The summed E-state index contributed by atoms with van der Waals surface area (Å²) in [5, 5.41) is 13.8. The molecule has 1 aliphatic rings. The van der Waals surface area contributed by atoms with Gasteiger partial charge in [-0.15, -0.1) is 0 Å². The van der Waals surface area contributed by atoms with Crippen LogP contribution in [0.3, 0.4) is 0 Å². The molecule has 0 radical (unpaired) electrons. The first-order valence-electron chi connectivity index (χ1n) is 12.4. The first kappa shape index (κ1) is 23.2. The third kappa shape index (κ3) is 4.70. The van der Waals surface area contributed by atoms with Crippen molar-refractivity contribution >= 4 is 17.7 Å². The van der Waals surface area contributed by atoms with E-state index in [2.05, 4.69) is 15.1 Å². The molecule has 38 heavy (non-hydrogen) atoms. The van der Waals surface area contributed by atoms with Gasteiger partial charge >= 0.3 is 0 Å². The Hall–Kier alpha value is -3.96. The van der Waals surface area contributed by atoms with E-state index in [1.165, 1.54) is 44.4 Å².